The number of imidazole rings is 1. The summed E-state index contributed by atoms with van der Waals surface area (Å²) in [5.74, 6) is 1.41. The van der Waals surface area contributed by atoms with Crippen molar-refractivity contribution in [2.75, 3.05) is 39.5 Å². The van der Waals surface area contributed by atoms with Crippen molar-refractivity contribution in [2.24, 2.45) is 0 Å². The topological polar surface area (TPSA) is 100 Å². The van der Waals surface area contributed by atoms with E-state index in [9.17, 15) is 10.1 Å². The van der Waals surface area contributed by atoms with Crippen LogP contribution in [0, 0.1) is 11.3 Å². The molecule has 3 aromatic rings. The lowest BCUT2D eigenvalue weighted by atomic mass is 10.1. The zero-order valence-electron chi connectivity index (χ0n) is 17.8. The molecule has 2 heterocycles. The molecular weight excluding hydrogens is 408 g/mol. The van der Waals surface area contributed by atoms with Crippen molar-refractivity contribution in [1.29, 1.82) is 5.26 Å². The number of aromatic nitrogens is 2. The largest absolute Gasteiger partial charge is 0.490 e. The predicted molar refractivity (Wildman–Crippen MR) is 120 cm³/mol. The summed E-state index contributed by atoms with van der Waals surface area (Å²) in [5, 5.41) is 9.68. The summed E-state index contributed by atoms with van der Waals surface area (Å²) >= 11 is 0. The number of aromatic amines is 1. The fraction of sp³-hybridized carbons (Fsp3) is 0.292. The minimum absolute atomic E-state index is 0.0717. The maximum absolute atomic E-state index is 12.4. The van der Waals surface area contributed by atoms with Crippen molar-refractivity contribution in [1.82, 2.24) is 14.9 Å². The van der Waals surface area contributed by atoms with E-state index >= 15 is 0 Å². The van der Waals surface area contributed by atoms with Crippen LogP contribution in [0.5, 0.6) is 11.5 Å². The Hall–Kier alpha value is -3.83. The van der Waals surface area contributed by atoms with E-state index in [0.717, 1.165) is 16.6 Å². The summed E-state index contributed by atoms with van der Waals surface area (Å²) in [7, 11) is 0. The number of hydrogen-bond donors (Lipinski definition) is 1. The normalized spacial score (nSPS) is 14.2. The summed E-state index contributed by atoms with van der Waals surface area (Å²) in [4.78, 5) is 21.8. The number of morpholine rings is 1. The number of rotatable bonds is 7. The van der Waals surface area contributed by atoms with Crippen LogP contribution in [0.15, 0.2) is 42.5 Å². The van der Waals surface area contributed by atoms with Gasteiger partial charge in [0.25, 0.3) is 5.91 Å². The molecule has 8 heteroatoms. The number of para-hydroxylation sites is 2. The molecule has 0 bridgehead atoms. The van der Waals surface area contributed by atoms with E-state index in [1.807, 2.05) is 37.3 Å². The maximum Gasteiger partial charge on any atom is 0.260 e. The van der Waals surface area contributed by atoms with Crippen LogP contribution in [0.4, 0.5) is 0 Å². The molecule has 1 fully saturated rings. The zero-order valence-corrected chi connectivity index (χ0v) is 17.8. The van der Waals surface area contributed by atoms with E-state index < -0.39 is 0 Å². The second kappa shape index (κ2) is 9.98. The highest BCUT2D eigenvalue weighted by molar-refractivity contribution is 5.90. The van der Waals surface area contributed by atoms with Gasteiger partial charge in [-0.2, -0.15) is 5.26 Å². The zero-order chi connectivity index (χ0) is 22.3. The smallest absolute Gasteiger partial charge is 0.260 e. The van der Waals surface area contributed by atoms with Gasteiger partial charge in [0.2, 0.25) is 0 Å². The average Bonchev–Trinajstić information content (AvgIpc) is 3.26. The van der Waals surface area contributed by atoms with Gasteiger partial charge >= 0.3 is 0 Å². The van der Waals surface area contributed by atoms with E-state index in [0.29, 0.717) is 55.8 Å². The van der Waals surface area contributed by atoms with E-state index in [2.05, 4.69) is 16.0 Å². The minimum Gasteiger partial charge on any atom is -0.490 e. The van der Waals surface area contributed by atoms with Crippen molar-refractivity contribution >= 4 is 28.6 Å². The van der Waals surface area contributed by atoms with E-state index in [-0.39, 0.29) is 12.5 Å². The van der Waals surface area contributed by atoms with Crippen molar-refractivity contribution in [2.45, 2.75) is 6.92 Å². The van der Waals surface area contributed by atoms with Crippen LogP contribution in [-0.2, 0) is 9.53 Å². The number of nitrogens with one attached hydrogen (secondary N) is 1. The monoisotopic (exact) mass is 432 g/mol. The van der Waals surface area contributed by atoms with Gasteiger partial charge in [-0.3, -0.25) is 4.79 Å². The number of carbonyl (C=O) groups is 1. The molecule has 1 aliphatic rings. The Morgan fingerprint density at radius 1 is 1.22 bits per heavy atom. The SMILES string of the molecule is CCOc1cc(/C=C(\C#N)c2nc3ccccc3[nH]2)ccc1OCC(=O)N1CCOCC1. The summed E-state index contributed by atoms with van der Waals surface area (Å²) < 4.78 is 16.8. The highest BCUT2D eigenvalue weighted by atomic mass is 16.5. The lowest BCUT2D eigenvalue weighted by Gasteiger charge is -2.26. The maximum atomic E-state index is 12.4. The van der Waals surface area contributed by atoms with Crippen molar-refractivity contribution in [3.05, 3.63) is 53.9 Å². The number of nitriles is 1. The molecule has 164 valence electrons. The highest BCUT2D eigenvalue weighted by Crippen LogP contribution is 2.30. The van der Waals surface area contributed by atoms with Crippen molar-refractivity contribution < 1.29 is 19.0 Å². The molecule has 1 saturated heterocycles. The third kappa shape index (κ3) is 4.90. The van der Waals surface area contributed by atoms with Gasteiger partial charge in [0.1, 0.15) is 11.9 Å². The molecule has 1 N–H and O–H groups in total. The van der Waals surface area contributed by atoms with Gasteiger partial charge in [-0.25, -0.2) is 4.98 Å². The fourth-order valence-corrected chi connectivity index (χ4v) is 3.45. The molecule has 0 aliphatic carbocycles. The Morgan fingerprint density at radius 2 is 2.03 bits per heavy atom. The standard InChI is InChI=1S/C24H24N4O4/c1-2-31-22-14-17(7-8-21(22)32-16-23(29)28-9-11-30-12-10-28)13-18(15-25)24-26-19-5-3-4-6-20(19)27-24/h3-8,13-14H,2,9-12,16H2,1H3,(H,26,27)/b18-13+. The van der Waals surface area contributed by atoms with Gasteiger partial charge in [-0.05, 0) is 42.8 Å². The number of amides is 1. The fourth-order valence-electron chi connectivity index (χ4n) is 3.45. The Morgan fingerprint density at radius 3 is 2.78 bits per heavy atom. The molecule has 0 atom stereocenters. The summed E-state index contributed by atoms with van der Waals surface area (Å²) in [5.41, 5.74) is 2.83. The Labute approximate surface area is 186 Å². The van der Waals surface area contributed by atoms with Crippen LogP contribution >= 0.6 is 0 Å². The Balaban J connectivity index is 1.53. The minimum atomic E-state index is -0.0867. The first-order valence-corrected chi connectivity index (χ1v) is 10.5. The van der Waals surface area contributed by atoms with Crippen LogP contribution < -0.4 is 9.47 Å². The van der Waals surface area contributed by atoms with Crippen molar-refractivity contribution in [3.63, 3.8) is 0 Å². The van der Waals surface area contributed by atoms with E-state index in [1.54, 1.807) is 23.1 Å². The number of hydrogen-bond acceptors (Lipinski definition) is 6. The first-order chi connectivity index (χ1) is 15.7. The molecule has 0 unspecified atom stereocenters. The Bertz CT molecular complexity index is 1140. The van der Waals surface area contributed by atoms with Crippen LogP contribution in [0.3, 0.4) is 0 Å². The van der Waals surface area contributed by atoms with Gasteiger partial charge < -0.3 is 24.1 Å². The number of benzene rings is 2. The number of fused-ring (bicyclic) bond motifs is 1. The molecular formula is C24H24N4O4. The van der Waals surface area contributed by atoms with Gasteiger partial charge in [0.05, 0.1) is 36.4 Å². The third-order valence-electron chi connectivity index (χ3n) is 5.06. The molecule has 2 aromatic carbocycles. The van der Waals surface area contributed by atoms with Gasteiger partial charge in [0, 0.05) is 13.1 Å². The highest BCUT2D eigenvalue weighted by Gasteiger charge is 2.18. The molecule has 0 saturated carbocycles. The number of ether oxygens (including phenoxy) is 3. The number of nitrogens with zero attached hydrogens (tertiary/aromatic N) is 3. The molecule has 1 aromatic heterocycles. The third-order valence-corrected chi connectivity index (χ3v) is 5.06. The lowest BCUT2D eigenvalue weighted by molar-refractivity contribution is -0.137. The molecule has 32 heavy (non-hydrogen) atoms. The average molecular weight is 432 g/mol. The van der Waals surface area contributed by atoms with Gasteiger partial charge in [-0.1, -0.05) is 18.2 Å². The second-order valence-electron chi connectivity index (χ2n) is 7.19. The number of carbonyl (C=O) groups excluding carboxylic acids is 1. The predicted octanol–water partition coefficient (Wildman–Crippen LogP) is 3.26. The quantitative estimate of drug-likeness (QED) is 0.575. The molecule has 8 nitrogen and oxygen atoms in total. The van der Waals surface area contributed by atoms with Crippen LogP contribution in [0.2, 0.25) is 0 Å². The van der Waals surface area contributed by atoms with Gasteiger partial charge in [-0.15, -0.1) is 0 Å². The summed E-state index contributed by atoms with van der Waals surface area (Å²) in [6, 6.07) is 15.2. The van der Waals surface area contributed by atoms with Crippen LogP contribution in [0.25, 0.3) is 22.7 Å². The first kappa shape index (κ1) is 21.4. The molecule has 1 amide bonds. The molecule has 0 radical (unpaired) electrons. The first-order valence-electron chi connectivity index (χ1n) is 10.5. The van der Waals surface area contributed by atoms with Crippen LogP contribution in [-0.4, -0.2) is 60.3 Å². The summed E-state index contributed by atoms with van der Waals surface area (Å²) in [6.07, 6.45) is 1.74. The lowest BCUT2D eigenvalue weighted by Crippen LogP contribution is -2.43. The number of H-pyrrole nitrogens is 1. The summed E-state index contributed by atoms with van der Waals surface area (Å²) in [6.45, 7) is 4.48. The van der Waals surface area contributed by atoms with Crippen LogP contribution in [0.1, 0.15) is 18.3 Å². The molecule has 4 rings (SSSR count). The molecule has 0 spiro atoms. The Kier molecular flexibility index (Phi) is 6.68. The van der Waals surface area contributed by atoms with Crippen molar-refractivity contribution in [3.8, 4) is 17.6 Å². The number of allylic oxidation sites excluding steroid dienone is 1. The second-order valence-corrected chi connectivity index (χ2v) is 7.19. The van der Waals surface area contributed by atoms with Gasteiger partial charge in [0.15, 0.2) is 18.1 Å². The molecule has 1 aliphatic heterocycles. The van der Waals surface area contributed by atoms with E-state index in [4.69, 9.17) is 14.2 Å². The van der Waals surface area contributed by atoms with E-state index in [1.165, 1.54) is 0 Å².